The second kappa shape index (κ2) is 7.92. The Morgan fingerprint density at radius 2 is 2.19 bits per heavy atom. The van der Waals surface area contributed by atoms with Crippen LogP contribution in [0.15, 0.2) is 12.1 Å². The van der Waals surface area contributed by atoms with Crippen LogP contribution in [-0.2, 0) is 20.9 Å². The summed E-state index contributed by atoms with van der Waals surface area (Å²) in [7, 11) is 1.45. The first-order valence-electron chi connectivity index (χ1n) is 8.60. The van der Waals surface area contributed by atoms with E-state index in [1.54, 1.807) is 12.1 Å². The molecule has 1 aromatic rings. The topological polar surface area (TPSA) is 106 Å². The number of likely N-dealkylation sites (tertiary alicyclic amines) is 1. The minimum Gasteiger partial charge on any atom is -0.493 e. The third-order valence-electron chi connectivity index (χ3n) is 5.20. The Balaban J connectivity index is 1.77. The molecule has 0 bridgehead atoms. The summed E-state index contributed by atoms with van der Waals surface area (Å²) in [4.78, 5) is 24.7. The fourth-order valence-electron chi connectivity index (χ4n) is 3.91. The Labute approximate surface area is 161 Å². The van der Waals surface area contributed by atoms with Crippen LogP contribution < -0.4 is 9.47 Å². The first kappa shape index (κ1) is 19.7. The van der Waals surface area contributed by atoms with Crippen molar-refractivity contribution in [3.8, 4) is 11.5 Å². The number of benzene rings is 1. The fourth-order valence-corrected chi connectivity index (χ4v) is 4.20. The lowest BCUT2D eigenvalue weighted by atomic mass is 9.76. The molecular weight excluding hydrogens is 378 g/mol. The highest BCUT2D eigenvalue weighted by atomic mass is 35.5. The standard InChI is InChI=1S/C18H22ClNO7/c1-25-14-5-11(4-13(19)16(14)27-8-15(21)22)6-20-7-12-2-3-26-10-18(12,9-20)17(23)24/h4-5,12H,2-3,6-10H2,1H3,(H,21,22)(H,23,24)/t12-,18+/m0/s1. The lowest BCUT2D eigenvalue weighted by Crippen LogP contribution is -2.46. The molecule has 3 rings (SSSR count). The van der Waals surface area contributed by atoms with Gasteiger partial charge in [-0.05, 0) is 30.0 Å². The van der Waals surface area contributed by atoms with Gasteiger partial charge in [-0.25, -0.2) is 4.79 Å². The summed E-state index contributed by atoms with van der Waals surface area (Å²) >= 11 is 6.25. The maximum absolute atomic E-state index is 11.9. The van der Waals surface area contributed by atoms with Gasteiger partial charge in [0.15, 0.2) is 18.1 Å². The number of carboxylic acids is 2. The molecule has 0 amide bonds. The van der Waals surface area contributed by atoms with Gasteiger partial charge >= 0.3 is 11.9 Å². The molecule has 2 atom stereocenters. The smallest absolute Gasteiger partial charge is 0.341 e. The van der Waals surface area contributed by atoms with Crippen LogP contribution in [0.3, 0.4) is 0 Å². The van der Waals surface area contributed by atoms with E-state index in [1.807, 2.05) is 0 Å². The molecule has 0 aromatic heterocycles. The highest BCUT2D eigenvalue weighted by molar-refractivity contribution is 6.32. The van der Waals surface area contributed by atoms with Gasteiger partial charge in [-0.2, -0.15) is 0 Å². The lowest BCUT2D eigenvalue weighted by Gasteiger charge is -2.34. The molecule has 27 heavy (non-hydrogen) atoms. The maximum Gasteiger partial charge on any atom is 0.341 e. The van der Waals surface area contributed by atoms with Crippen LogP contribution in [0, 0.1) is 11.3 Å². The van der Waals surface area contributed by atoms with Gasteiger partial charge < -0.3 is 24.4 Å². The Hall–Kier alpha value is -2.03. The zero-order valence-corrected chi connectivity index (χ0v) is 15.7. The maximum atomic E-state index is 11.9. The summed E-state index contributed by atoms with van der Waals surface area (Å²) in [6.07, 6.45) is 0.731. The highest BCUT2D eigenvalue weighted by Crippen LogP contribution is 2.43. The predicted molar refractivity (Wildman–Crippen MR) is 95.4 cm³/mol. The average molecular weight is 400 g/mol. The first-order valence-corrected chi connectivity index (χ1v) is 8.98. The molecule has 2 aliphatic heterocycles. The minimum atomic E-state index is -1.11. The largest absolute Gasteiger partial charge is 0.493 e. The van der Waals surface area contributed by atoms with Crippen LogP contribution in [0.25, 0.3) is 0 Å². The van der Waals surface area contributed by atoms with Crippen molar-refractivity contribution < 1.29 is 34.0 Å². The Morgan fingerprint density at radius 1 is 1.41 bits per heavy atom. The van der Waals surface area contributed by atoms with E-state index >= 15 is 0 Å². The number of halogens is 1. The normalized spacial score (nSPS) is 25.0. The molecule has 8 nitrogen and oxygen atoms in total. The third-order valence-corrected chi connectivity index (χ3v) is 5.48. The van der Waals surface area contributed by atoms with Crippen molar-refractivity contribution in [1.29, 1.82) is 0 Å². The Kier molecular flexibility index (Phi) is 5.78. The molecule has 9 heteroatoms. The van der Waals surface area contributed by atoms with Crippen molar-refractivity contribution in [2.45, 2.75) is 13.0 Å². The molecule has 2 N–H and O–H groups in total. The number of hydrogen-bond acceptors (Lipinski definition) is 6. The number of aliphatic carboxylic acids is 2. The number of carboxylic acid groups (broad SMARTS) is 2. The van der Waals surface area contributed by atoms with Gasteiger partial charge in [0, 0.05) is 26.2 Å². The second-order valence-electron chi connectivity index (χ2n) is 6.96. The van der Waals surface area contributed by atoms with E-state index in [1.165, 1.54) is 7.11 Å². The van der Waals surface area contributed by atoms with E-state index in [0.717, 1.165) is 12.0 Å². The molecule has 0 unspecified atom stereocenters. The second-order valence-corrected chi connectivity index (χ2v) is 7.37. The molecule has 148 valence electrons. The van der Waals surface area contributed by atoms with Gasteiger partial charge in [-0.15, -0.1) is 0 Å². The van der Waals surface area contributed by atoms with Gasteiger partial charge in [0.25, 0.3) is 0 Å². The van der Waals surface area contributed by atoms with E-state index in [9.17, 15) is 14.7 Å². The Morgan fingerprint density at radius 3 is 2.81 bits per heavy atom. The van der Waals surface area contributed by atoms with Crippen LogP contribution in [0.5, 0.6) is 11.5 Å². The van der Waals surface area contributed by atoms with Gasteiger partial charge in [0.2, 0.25) is 0 Å². The van der Waals surface area contributed by atoms with Gasteiger partial charge in [-0.1, -0.05) is 11.6 Å². The summed E-state index contributed by atoms with van der Waals surface area (Å²) in [6, 6.07) is 3.42. The lowest BCUT2D eigenvalue weighted by molar-refractivity contribution is -0.159. The van der Waals surface area contributed by atoms with Crippen molar-refractivity contribution in [2.75, 3.05) is 40.0 Å². The summed E-state index contributed by atoms with van der Waals surface area (Å²) < 4.78 is 15.9. The minimum absolute atomic E-state index is 0.0549. The van der Waals surface area contributed by atoms with Crippen molar-refractivity contribution in [3.05, 3.63) is 22.7 Å². The number of methoxy groups -OCH3 is 1. The van der Waals surface area contributed by atoms with Crippen LogP contribution in [-0.4, -0.2) is 67.1 Å². The number of fused-ring (bicyclic) bond motifs is 1. The summed E-state index contributed by atoms with van der Waals surface area (Å²) in [5.41, 5.74) is -0.0314. The molecule has 0 aliphatic carbocycles. The van der Waals surface area contributed by atoms with Crippen molar-refractivity contribution in [3.63, 3.8) is 0 Å². The third kappa shape index (κ3) is 3.97. The van der Waals surface area contributed by atoms with Gasteiger partial charge in [-0.3, -0.25) is 9.69 Å². The number of ether oxygens (including phenoxy) is 3. The SMILES string of the molecule is COc1cc(CN2C[C@@H]3CCOC[C@]3(C(=O)O)C2)cc(Cl)c1OCC(=O)O. The number of carbonyl (C=O) groups is 2. The van der Waals surface area contributed by atoms with E-state index in [4.69, 9.17) is 30.9 Å². The predicted octanol–water partition coefficient (Wildman–Crippen LogP) is 1.74. The van der Waals surface area contributed by atoms with Crippen LogP contribution in [0.4, 0.5) is 0 Å². The fraction of sp³-hybridized carbons (Fsp3) is 0.556. The monoisotopic (exact) mass is 399 g/mol. The van der Waals surface area contributed by atoms with Crippen LogP contribution in [0.1, 0.15) is 12.0 Å². The molecule has 2 heterocycles. The van der Waals surface area contributed by atoms with E-state index in [0.29, 0.717) is 32.0 Å². The molecule has 1 aromatic carbocycles. The van der Waals surface area contributed by atoms with Crippen LogP contribution in [0.2, 0.25) is 5.02 Å². The van der Waals surface area contributed by atoms with Crippen molar-refractivity contribution in [1.82, 2.24) is 4.90 Å². The summed E-state index contributed by atoms with van der Waals surface area (Å²) in [5.74, 6) is -1.36. The number of nitrogens with zero attached hydrogens (tertiary/aromatic N) is 1. The molecule has 0 radical (unpaired) electrons. The first-order chi connectivity index (χ1) is 12.9. The highest BCUT2D eigenvalue weighted by Gasteiger charge is 2.53. The number of hydrogen-bond donors (Lipinski definition) is 2. The molecule has 0 saturated carbocycles. The molecule has 2 fully saturated rings. The number of rotatable bonds is 7. The van der Waals surface area contributed by atoms with Crippen LogP contribution >= 0.6 is 11.6 Å². The summed E-state index contributed by atoms with van der Waals surface area (Å²) in [5, 5.41) is 18.8. The van der Waals surface area contributed by atoms with E-state index in [2.05, 4.69) is 4.90 Å². The van der Waals surface area contributed by atoms with E-state index in [-0.39, 0.29) is 23.3 Å². The molecular formula is C18H22ClNO7. The van der Waals surface area contributed by atoms with Crippen molar-refractivity contribution in [2.24, 2.45) is 11.3 Å². The molecule has 2 aliphatic rings. The average Bonchev–Trinajstić information content (AvgIpc) is 2.99. The summed E-state index contributed by atoms with van der Waals surface area (Å²) in [6.45, 7) is 1.88. The van der Waals surface area contributed by atoms with Gasteiger partial charge in [0.05, 0.1) is 18.7 Å². The quantitative estimate of drug-likeness (QED) is 0.714. The van der Waals surface area contributed by atoms with Crippen molar-refractivity contribution >= 4 is 23.5 Å². The van der Waals surface area contributed by atoms with E-state index < -0.39 is 24.0 Å². The Bertz CT molecular complexity index is 741. The zero-order chi connectivity index (χ0) is 19.6. The zero-order valence-electron chi connectivity index (χ0n) is 14.9. The van der Waals surface area contributed by atoms with Gasteiger partial charge in [0.1, 0.15) is 5.41 Å². The molecule has 0 spiro atoms. The molecule has 2 saturated heterocycles.